The molecule has 1 aromatic carbocycles. The first-order valence-corrected chi connectivity index (χ1v) is 6.43. The predicted molar refractivity (Wildman–Crippen MR) is 70.7 cm³/mol. The van der Waals surface area contributed by atoms with Gasteiger partial charge in [0, 0.05) is 19.1 Å². The maximum atomic E-state index is 13.2. The van der Waals surface area contributed by atoms with Crippen LogP contribution in [0.4, 0.5) is 4.39 Å². The molecule has 1 saturated heterocycles. The molecule has 0 spiro atoms. The van der Waals surface area contributed by atoms with Gasteiger partial charge in [0.25, 0.3) is 5.91 Å². The minimum Gasteiger partial charge on any atom is -0.507 e. The van der Waals surface area contributed by atoms with E-state index in [-0.39, 0.29) is 23.3 Å². The summed E-state index contributed by atoms with van der Waals surface area (Å²) in [5.74, 6) is -0.965. The van der Waals surface area contributed by atoms with E-state index in [2.05, 4.69) is 0 Å². The molecule has 0 saturated carbocycles. The van der Waals surface area contributed by atoms with E-state index in [0.29, 0.717) is 6.54 Å². The Balaban J connectivity index is 2.20. The third kappa shape index (κ3) is 3.04. The second kappa shape index (κ2) is 5.57. The molecule has 1 aliphatic rings. The van der Waals surface area contributed by atoms with E-state index in [4.69, 9.17) is 0 Å². The summed E-state index contributed by atoms with van der Waals surface area (Å²) in [6.07, 6.45) is 1.89. The first-order chi connectivity index (χ1) is 8.99. The largest absolute Gasteiger partial charge is 0.507 e. The quantitative estimate of drug-likeness (QED) is 0.905. The van der Waals surface area contributed by atoms with E-state index in [9.17, 15) is 14.3 Å². The number of likely N-dealkylation sites (N-methyl/N-ethyl adjacent to an activating group) is 1. The number of hydrogen-bond acceptors (Lipinski definition) is 3. The van der Waals surface area contributed by atoms with Crippen molar-refractivity contribution in [3.8, 4) is 5.75 Å². The molecular formula is C14H19FN2O2. The number of rotatable bonds is 3. The molecule has 1 heterocycles. The minimum atomic E-state index is -0.510. The highest BCUT2D eigenvalue weighted by molar-refractivity contribution is 5.97. The van der Waals surface area contributed by atoms with Crippen molar-refractivity contribution in [1.29, 1.82) is 0 Å². The van der Waals surface area contributed by atoms with Crippen molar-refractivity contribution in [2.75, 3.05) is 27.2 Å². The summed E-state index contributed by atoms with van der Waals surface area (Å²) >= 11 is 0. The van der Waals surface area contributed by atoms with Crippen LogP contribution in [-0.4, -0.2) is 54.0 Å². The molecule has 0 radical (unpaired) electrons. The Morgan fingerprint density at radius 1 is 1.53 bits per heavy atom. The van der Waals surface area contributed by atoms with Crippen LogP contribution in [0.15, 0.2) is 18.2 Å². The maximum absolute atomic E-state index is 13.2. The van der Waals surface area contributed by atoms with Gasteiger partial charge in [-0.25, -0.2) is 4.39 Å². The predicted octanol–water partition coefficient (Wildman–Crippen LogP) is 1.70. The first kappa shape index (κ1) is 13.8. The van der Waals surface area contributed by atoms with Crippen molar-refractivity contribution >= 4 is 5.91 Å². The smallest absolute Gasteiger partial charge is 0.258 e. The Labute approximate surface area is 112 Å². The number of carbonyl (C=O) groups excluding carboxylic acids is 1. The fourth-order valence-electron chi connectivity index (χ4n) is 2.55. The molecule has 1 fully saturated rings. The molecule has 0 aliphatic carbocycles. The van der Waals surface area contributed by atoms with Crippen LogP contribution in [0.1, 0.15) is 23.2 Å². The molecule has 1 aliphatic heterocycles. The van der Waals surface area contributed by atoms with Crippen molar-refractivity contribution in [2.24, 2.45) is 0 Å². The number of amides is 1. The number of halogens is 1. The van der Waals surface area contributed by atoms with E-state index in [1.165, 1.54) is 6.07 Å². The Morgan fingerprint density at radius 3 is 2.95 bits per heavy atom. The third-order valence-electron chi connectivity index (χ3n) is 3.40. The third-order valence-corrected chi connectivity index (χ3v) is 3.40. The highest BCUT2D eigenvalue weighted by atomic mass is 19.1. The van der Waals surface area contributed by atoms with E-state index >= 15 is 0 Å². The zero-order chi connectivity index (χ0) is 14.0. The van der Waals surface area contributed by atoms with Gasteiger partial charge in [-0.2, -0.15) is 0 Å². The summed E-state index contributed by atoms with van der Waals surface area (Å²) in [7, 11) is 3.92. The average Bonchev–Trinajstić information content (AvgIpc) is 2.78. The lowest BCUT2D eigenvalue weighted by Gasteiger charge is -2.27. The van der Waals surface area contributed by atoms with Gasteiger partial charge in [-0.1, -0.05) is 0 Å². The molecule has 1 aromatic rings. The van der Waals surface area contributed by atoms with E-state index < -0.39 is 5.82 Å². The van der Waals surface area contributed by atoms with Gasteiger partial charge in [0.05, 0.1) is 5.56 Å². The zero-order valence-corrected chi connectivity index (χ0v) is 11.3. The van der Waals surface area contributed by atoms with Crippen LogP contribution < -0.4 is 0 Å². The molecule has 104 valence electrons. The van der Waals surface area contributed by atoms with Crippen LogP contribution in [0.25, 0.3) is 0 Å². The van der Waals surface area contributed by atoms with E-state index in [1.807, 2.05) is 19.0 Å². The van der Waals surface area contributed by atoms with Crippen LogP contribution in [0.3, 0.4) is 0 Å². The summed E-state index contributed by atoms with van der Waals surface area (Å²) in [5, 5.41) is 9.71. The fraction of sp³-hybridized carbons (Fsp3) is 0.500. The topological polar surface area (TPSA) is 43.8 Å². The Bertz CT molecular complexity index is 477. The first-order valence-electron chi connectivity index (χ1n) is 6.43. The standard InChI is InChI=1S/C14H19FN2O2/c1-16(2)9-11-4-3-7-17(11)14(19)12-8-10(15)5-6-13(12)18/h5-6,8,11,18H,3-4,7,9H2,1-2H3. The van der Waals surface area contributed by atoms with E-state index in [1.54, 1.807) is 4.90 Å². The second-order valence-electron chi connectivity index (χ2n) is 5.22. The van der Waals surface area contributed by atoms with Gasteiger partial charge in [0.2, 0.25) is 0 Å². The Hall–Kier alpha value is -1.62. The van der Waals surface area contributed by atoms with Gasteiger partial charge in [-0.3, -0.25) is 4.79 Å². The summed E-state index contributed by atoms with van der Waals surface area (Å²) in [6, 6.07) is 3.60. The number of nitrogens with zero attached hydrogens (tertiary/aromatic N) is 2. The number of likely N-dealkylation sites (tertiary alicyclic amines) is 1. The lowest BCUT2D eigenvalue weighted by atomic mass is 10.1. The Morgan fingerprint density at radius 2 is 2.26 bits per heavy atom. The fourth-order valence-corrected chi connectivity index (χ4v) is 2.55. The SMILES string of the molecule is CN(C)CC1CCCN1C(=O)c1cc(F)ccc1O. The molecule has 0 aromatic heterocycles. The van der Waals surface area contributed by atoms with Crippen molar-refractivity contribution in [1.82, 2.24) is 9.80 Å². The minimum absolute atomic E-state index is 0.0469. The number of aromatic hydroxyl groups is 1. The molecule has 1 N–H and O–H groups in total. The van der Waals surface area contributed by atoms with E-state index in [0.717, 1.165) is 31.5 Å². The zero-order valence-electron chi connectivity index (χ0n) is 11.3. The van der Waals surface area contributed by atoms with Crippen LogP contribution in [0.2, 0.25) is 0 Å². The average molecular weight is 266 g/mol. The van der Waals surface area contributed by atoms with Gasteiger partial charge < -0.3 is 14.9 Å². The number of phenolic OH excluding ortho intramolecular Hbond substituents is 1. The monoisotopic (exact) mass is 266 g/mol. The van der Waals surface area contributed by atoms with Crippen molar-refractivity contribution in [3.05, 3.63) is 29.6 Å². The maximum Gasteiger partial charge on any atom is 0.258 e. The summed E-state index contributed by atoms with van der Waals surface area (Å²) in [4.78, 5) is 16.2. The van der Waals surface area contributed by atoms with Crippen LogP contribution in [-0.2, 0) is 0 Å². The van der Waals surface area contributed by atoms with Gasteiger partial charge in [-0.05, 0) is 45.1 Å². The molecule has 1 amide bonds. The molecule has 2 rings (SSSR count). The van der Waals surface area contributed by atoms with Crippen molar-refractivity contribution in [3.63, 3.8) is 0 Å². The lowest BCUT2D eigenvalue weighted by Crippen LogP contribution is -2.41. The molecular weight excluding hydrogens is 247 g/mol. The molecule has 1 atom stereocenters. The highest BCUT2D eigenvalue weighted by Gasteiger charge is 2.30. The number of phenols is 1. The second-order valence-corrected chi connectivity index (χ2v) is 5.22. The normalized spacial score (nSPS) is 19.2. The molecule has 5 heteroatoms. The van der Waals surface area contributed by atoms with Gasteiger partial charge in [-0.15, -0.1) is 0 Å². The molecule has 19 heavy (non-hydrogen) atoms. The van der Waals surface area contributed by atoms with Gasteiger partial charge in [0.1, 0.15) is 11.6 Å². The highest BCUT2D eigenvalue weighted by Crippen LogP contribution is 2.25. The molecule has 0 bridgehead atoms. The summed E-state index contributed by atoms with van der Waals surface area (Å²) < 4.78 is 13.2. The summed E-state index contributed by atoms with van der Waals surface area (Å²) in [5.41, 5.74) is 0.0469. The van der Waals surface area contributed by atoms with Crippen LogP contribution in [0, 0.1) is 5.82 Å². The number of hydrogen-bond donors (Lipinski definition) is 1. The lowest BCUT2D eigenvalue weighted by molar-refractivity contribution is 0.0713. The van der Waals surface area contributed by atoms with Crippen molar-refractivity contribution < 1.29 is 14.3 Å². The molecule has 1 unspecified atom stereocenters. The molecule has 4 nitrogen and oxygen atoms in total. The number of benzene rings is 1. The summed E-state index contributed by atoms with van der Waals surface area (Å²) in [6.45, 7) is 1.44. The van der Waals surface area contributed by atoms with Gasteiger partial charge in [0.15, 0.2) is 0 Å². The number of carbonyl (C=O) groups is 1. The van der Waals surface area contributed by atoms with Gasteiger partial charge >= 0.3 is 0 Å². The van der Waals surface area contributed by atoms with Crippen LogP contribution >= 0.6 is 0 Å². The van der Waals surface area contributed by atoms with Crippen LogP contribution in [0.5, 0.6) is 5.75 Å². The Kier molecular flexibility index (Phi) is 4.04. The van der Waals surface area contributed by atoms with Crippen molar-refractivity contribution in [2.45, 2.75) is 18.9 Å².